The summed E-state index contributed by atoms with van der Waals surface area (Å²) in [6.45, 7) is 7.71. The second-order valence-corrected chi connectivity index (χ2v) is 15.1. The first-order valence-corrected chi connectivity index (χ1v) is 17.5. The van der Waals surface area contributed by atoms with Crippen LogP contribution in [-0.4, -0.2) is 45.9 Å². The van der Waals surface area contributed by atoms with Crippen LogP contribution in [0.25, 0.3) is 0 Å². The van der Waals surface area contributed by atoms with Crippen LogP contribution in [0.1, 0.15) is 74.4 Å². The minimum absolute atomic E-state index is 0.0297. The van der Waals surface area contributed by atoms with Crippen molar-refractivity contribution in [2.45, 2.75) is 77.3 Å². The predicted octanol–water partition coefficient (Wildman–Crippen LogP) is 6.78. The van der Waals surface area contributed by atoms with Crippen LogP contribution in [0.5, 0.6) is 5.75 Å². The van der Waals surface area contributed by atoms with Gasteiger partial charge in [-0.25, -0.2) is 13.1 Å². The molecule has 0 unspecified atom stereocenters. The summed E-state index contributed by atoms with van der Waals surface area (Å²) in [6.07, 6.45) is 9.79. The topological polar surface area (TPSA) is 84.9 Å². The van der Waals surface area contributed by atoms with Gasteiger partial charge in [0.25, 0.3) is 5.91 Å². The minimum atomic E-state index is -3.95. The maximum absolute atomic E-state index is 13.6. The van der Waals surface area contributed by atoms with Crippen molar-refractivity contribution in [2.24, 2.45) is 23.7 Å². The molecule has 43 heavy (non-hydrogen) atoms. The molecule has 1 saturated carbocycles. The third kappa shape index (κ3) is 7.23. The van der Waals surface area contributed by atoms with Gasteiger partial charge in [0.15, 0.2) is 0 Å². The third-order valence-corrected chi connectivity index (χ3v) is 11.9. The van der Waals surface area contributed by atoms with Gasteiger partial charge in [0, 0.05) is 30.8 Å². The number of nitrogens with one attached hydrogen (secondary N) is 1. The molecule has 7 nitrogen and oxygen atoms in total. The van der Waals surface area contributed by atoms with Crippen LogP contribution >= 0.6 is 11.6 Å². The summed E-state index contributed by atoms with van der Waals surface area (Å²) in [5.74, 6) is 0.508. The molecule has 1 fully saturated rings. The van der Waals surface area contributed by atoms with Crippen LogP contribution in [0.15, 0.2) is 48.6 Å². The SMILES string of the molecule is CO[C@H]1/C=C/C[C@@H](C)[C@H](C(C)C)S(=O)(=O)NC(=O)c2ccc3c(c2)N(CCCCc2cc(Cl)ccc2CO3)C[C@@H]2CC[C@H]21. The van der Waals surface area contributed by atoms with Crippen LogP contribution in [0.3, 0.4) is 0 Å². The molecule has 2 heterocycles. The number of ether oxygens (including phenoxy) is 2. The molecule has 2 aromatic carbocycles. The number of sulfonamides is 1. The first kappa shape index (κ1) is 31.9. The van der Waals surface area contributed by atoms with Gasteiger partial charge >= 0.3 is 0 Å². The van der Waals surface area contributed by atoms with Gasteiger partial charge < -0.3 is 14.4 Å². The standard InChI is InChI=1S/C34H45ClN2O5S/c1-22(2)33-23(3)8-7-10-31(41-4)29-15-12-26(29)20-37-17-6-5-9-24-18-28(35)14-11-27(24)21-42-32-16-13-25(19-30(32)37)34(38)36-43(33,39)40/h7,10-11,13-14,16,18-19,22-23,26,29,31,33H,5-6,8-9,12,15,17,20-21H2,1-4H3,(H,36,38)/b10-7+/t23-,26+,29-,31+,33+/m1/s1. The fraction of sp³-hybridized carbons (Fsp3) is 0.559. The average molecular weight is 629 g/mol. The molecule has 3 aliphatic rings. The summed E-state index contributed by atoms with van der Waals surface area (Å²) < 4.78 is 42.1. The molecular formula is C34H45ClN2O5S. The van der Waals surface area contributed by atoms with Crippen LogP contribution in [0, 0.1) is 23.7 Å². The number of rotatable bonds is 2. The van der Waals surface area contributed by atoms with Crippen LogP contribution in [-0.2, 0) is 27.8 Å². The highest BCUT2D eigenvalue weighted by molar-refractivity contribution is 7.90. The smallest absolute Gasteiger partial charge is 0.264 e. The lowest BCUT2D eigenvalue weighted by atomic mass is 9.70. The quantitative estimate of drug-likeness (QED) is 0.369. The lowest BCUT2D eigenvalue weighted by molar-refractivity contribution is 0.0134. The molecule has 5 rings (SSSR count). The van der Waals surface area contributed by atoms with E-state index in [0.29, 0.717) is 36.2 Å². The molecule has 234 valence electrons. The molecule has 2 aromatic rings. The molecule has 2 bridgehead atoms. The maximum atomic E-state index is 13.6. The minimum Gasteiger partial charge on any atom is -0.487 e. The highest BCUT2D eigenvalue weighted by atomic mass is 35.5. The summed E-state index contributed by atoms with van der Waals surface area (Å²) in [5, 5.41) is -0.00251. The number of aryl methyl sites for hydroxylation is 1. The number of methoxy groups -OCH3 is 1. The molecule has 1 amide bonds. The Morgan fingerprint density at radius 3 is 2.63 bits per heavy atom. The third-order valence-electron chi connectivity index (χ3n) is 9.51. The molecule has 9 heteroatoms. The zero-order chi connectivity index (χ0) is 30.7. The molecule has 2 aliphatic heterocycles. The maximum Gasteiger partial charge on any atom is 0.264 e. The Morgan fingerprint density at radius 1 is 1.09 bits per heavy atom. The fourth-order valence-electron chi connectivity index (χ4n) is 7.15. The number of carbonyl (C=O) groups excluding carboxylic acids is 1. The normalized spacial score (nSPS) is 28.7. The van der Waals surface area contributed by atoms with E-state index in [2.05, 4.69) is 21.8 Å². The Kier molecular flexibility index (Phi) is 10.1. The van der Waals surface area contributed by atoms with Gasteiger partial charge in [-0.1, -0.05) is 50.6 Å². The van der Waals surface area contributed by atoms with E-state index in [1.54, 1.807) is 13.2 Å². The number of nitrogens with zero attached hydrogens (tertiary/aromatic N) is 1. The number of halogens is 1. The average Bonchev–Trinajstić information content (AvgIpc) is 2.96. The van der Waals surface area contributed by atoms with E-state index in [9.17, 15) is 13.2 Å². The van der Waals surface area contributed by atoms with Gasteiger partial charge in [-0.15, -0.1) is 0 Å². The first-order chi connectivity index (χ1) is 20.6. The van der Waals surface area contributed by atoms with E-state index < -0.39 is 21.2 Å². The Hall–Kier alpha value is -2.55. The summed E-state index contributed by atoms with van der Waals surface area (Å²) in [5.41, 5.74) is 3.41. The van der Waals surface area contributed by atoms with Crippen molar-refractivity contribution < 1.29 is 22.7 Å². The summed E-state index contributed by atoms with van der Waals surface area (Å²) in [6, 6.07) is 11.2. The monoisotopic (exact) mass is 628 g/mol. The Balaban J connectivity index is 1.56. The molecule has 0 aromatic heterocycles. The van der Waals surface area contributed by atoms with Crippen molar-refractivity contribution in [3.05, 3.63) is 70.3 Å². The lowest BCUT2D eigenvalue weighted by Crippen LogP contribution is -2.45. The predicted molar refractivity (Wildman–Crippen MR) is 172 cm³/mol. The number of allylic oxidation sites excluding steroid dienone is 1. The van der Waals surface area contributed by atoms with E-state index in [1.165, 1.54) is 5.56 Å². The molecule has 1 aliphatic carbocycles. The number of amides is 1. The van der Waals surface area contributed by atoms with E-state index in [0.717, 1.165) is 61.5 Å². The second-order valence-electron chi connectivity index (χ2n) is 12.8. The first-order valence-electron chi connectivity index (χ1n) is 15.6. The number of hydrogen-bond donors (Lipinski definition) is 1. The van der Waals surface area contributed by atoms with E-state index in [-0.39, 0.29) is 17.9 Å². The van der Waals surface area contributed by atoms with Crippen molar-refractivity contribution in [3.8, 4) is 5.75 Å². The highest BCUT2D eigenvalue weighted by Crippen LogP contribution is 2.42. The number of anilines is 1. The van der Waals surface area contributed by atoms with Gasteiger partial charge in [0.05, 0.1) is 17.0 Å². The number of carbonyl (C=O) groups is 1. The van der Waals surface area contributed by atoms with E-state index in [1.807, 2.05) is 51.1 Å². The summed E-state index contributed by atoms with van der Waals surface area (Å²) in [4.78, 5) is 15.9. The molecular weight excluding hydrogens is 584 g/mol. The Bertz CT molecular complexity index is 1440. The zero-order valence-corrected chi connectivity index (χ0v) is 27.3. The van der Waals surface area contributed by atoms with E-state index >= 15 is 0 Å². The van der Waals surface area contributed by atoms with Crippen molar-refractivity contribution >= 4 is 33.2 Å². The lowest BCUT2D eigenvalue weighted by Gasteiger charge is -2.43. The number of benzene rings is 2. The Labute approximate surface area is 262 Å². The van der Waals surface area contributed by atoms with Gasteiger partial charge in [-0.05, 0) is 104 Å². The number of hydrogen-bond acceptors (Lipinski definition) is 6. The molecule has 0 radical (unpaired) electrons. The largest absolute Gasteiger partial charge is 0.487 e. The Morgan fingerprint density at radius 2 is 1.91 bits per heavy atom. The van der Waals surface area contributed by atoms with Crippen molar-refractivity contribution in [1.82, 2.24) is 4.72 Å². The fourth-order valence-corrected chi connectivity index (χ4v) is 9.30. The van der Waals surface area contributed by atoms with Gasteiger partial charge in [-0.2, -0.15) is 0 Å². The zero-order valence-electron chi connectivity index (χ0n) is 25.7. The van der Waals surface area contributed by atoms with Crippen molar-refractivity contribution in [3.63, 3.8) is 0 Å². The molecule has 0 spiro atoms. The molecule has 0 saturated heterocycles. The summed E-state index contributed by atoms with van der Waals surface area (Å²) in [7, 11) is -2.19. The van der Waals surface area contributed by atoms with Crippen molar-refractivity contribution in [2.75, 3.05) is 25.1 Å². The van der Waals surface area contributed by atoms with Crippen molar-refractivity contribution in [1.29, 1.82) is 0 Å². The van der Waals surface area contributed by atoms with Crippen LogP contribution < -0.4 is 14.4 Å². The van der Waals surface area contributed by atoms with Crippen LogP contribution in [0.4, 0.5) is 5.69 Å². The molecule has 1 N–H and O–H groups in total. The number of fused-ring (bicyclic) bond motifs is 3. The van der Waals surface area contributed by atoms with Crippen LogP contribution in [0.2, 0.25) is 5.02 Å². The van der Waals surface area contributed by atoms with Gasteiger partial charge in [0.2, 0.25) is 10.0 Å². The van der Waals surface area contributed by atoms with Gasteiger partial charge in [-0.3, -0.25) is 4.79 Å². The second kappa shape index (κ2) is 13.6. The highest BCUT2D eigenvalue weighted by Gasteiger charge is 2.39. The molecule has 5 atom stereocenters. The van der Waals surface area contributed by atoms with Gasteiger partial charge in [0.1, 0.15) is 12.4 Å². The van der Waals surface area contributed by atoms with E-state index in [4.69, 9.17) is 21.1 Å². The summed E-state index contributed by atoms with van der Waals surface area (Å²) >= 11 is 6.33.